The number of rotatable bonds is 3. The molecule has 4 heteroatoms. The molecule has 3 N–H and O–H groups in total. The van der Waals surface area contributed by atoms with E-state index in [1.165, 1.54) is 0 Å². The zero-order valence-corrected chi connectivity index (χ0v) is 10.6. The van der Waals surface area contributed by atoms with Crippen molar-refractivity contribution in [1.29, 1.82) is 0 Å². The van der Waals surface area contributed by atoms with E-state index in [0.29, 0.717) is 6.42 Å². The lowest BCUT2D eigenvalue weighted by atomic mass is 10.1. The maximum Gasteiger partial charge on any atom is 0.241 e. The number of amides is 1. The fraction of sp³-hybridized carbons (Fsp3) is 0.286. The summed E-state index contributed by atoms with van der Waals surface area (Å²) in [4.78, 5) is 16.1. The highest BCUT2D eigenvalue weighted by molar-refractivity contribution is 6.03. The van der Waals surface area contributed by atoms with Crippen LogP contribution in [-0.4, -0.2) is 16.9 Å². The molecule has 4 nitrogen and oxygen atoms in total. The molecule has 1 atom stereocenters. The van der Waals surface area contributed by atoms with Gasteiger partial charge in [0.1, 0.15) is 0 Å². The third-order valence-corrected chi connectivity index (χ3v) is 3.01. The molecule has 2 rings (SSSR count). The predicted octanol–water partition coefficient (Wildman–Crippen LogP) is 2.22. The molecule has 2 aromatic rings. The van der Waals surface area contributed by atoms with E-state index in [2.05, 4.69) is 10.3 Å². The van der Waals surface area contributed by atoms with E-state index in [4.69, 9.17) is 5.73 Å². The lowest BCUT2D eigenvalue weighted by molar-refractivity contribution is -0.117. The minimum absolute atomic E-state index is 0.161. The largest absolute Gasteiger partial charge is 0.324 e. The molecule has 1 aromatic carbocycles. The Hall–Kier alpha value is -1.94. The molecular weight excluding hydrogens is 226 g/mol. The fourth-order valence-corrected chi connectivity index (χ4v) is 1.83. The van der Waals surface area contributed by atoms with Gasteiger partial charge in [0.25, 0.3) is 0 Å². The van der Waals surface area contributed by atoms with Gasteiger partial charge < -0.3 is 11.1 Å². The van der Waals surface area contributed by atoms with E-state index >= 15 is 0 Å². The van der Waals surface area contributed by atoms with Crippen molar-refractivity contribution in [2.24, 2.45) is 5.73 Å². The summed E-state index contributed by atoms with van der Waals surface area (Å²) in [5.41, 5.74) is 8.46. The highest BCUT2D eigenvalue weighted by atomic mass is 16.2. The Morgan fingerprint density at radius 1 is 1.44 bits per heavy atom. The van der Waals surface area contributed by atoms with Crippen LogP contribution in [-0.2, 0) is 4.79 Å². The number of benzene rings is 1. The van der Waals surface area contributed by atoms with Crippen LogP contribution in [0, 0.1) is 6.92 Å². The topological polar surface area (TPSA) is 68.0 Å². The van der Waals surface area contributed by atoms with Crippen molar-refractivity contribution < 1.29 is 4.79 Å². The summed E-state index contributed by atoms with van der Waals surface area (Å²) in [6, 6.07) is 7.17. The SMILES string of the molecule is CCC(N)C(=O)Nc1ccc(C)c2ncccc12. The summed E-state index contributed by atoms with van der Waals surface area (Å²) in [7, 11) is 0. The van der Waals surface area contributed by atoms with Gasteiger partial charge in [-0.05, 0) is 37.1 Å². The van der Waals surface area contributed by atoms with Crippen molar-refractivity contribution in [2.45, 2.75) is 26.3 Å². The van der Waals surface area contributed by atoms with Crippen LogP contribution in [0.5, 0.6) is 0 Å². The van der Waals surface area contributed by atoms with E-state index in [-0.39, 0.29) is 5.91 Å². The first kappa shape index (κ1) is 12.5. The number of carbonyl (C=O) groups excluding carboxylic acids is 1. The molecule has 0 radical (unpaired) electrons. The van der Waals surface area contributed by atoms with Crippen molar-refractivity contribution in [1.82, 2.24) is 4.98 Å². The van der Waals surface area contributed by atoms with E-state index in [1.54, 1.807) is 6.20 Å². The van der Waals surface area contributed by atoms with Crippen molar-refractivity contribution in [3.05, 3.63) is 36.0 Å². The van der Waals surface area contributed by atoms with Gasteiger partial charge in [0.05, 0.1) is 17.2 Å². The first-order valence-corrected chi connectivity index (χ1v) is 6.04. The number of hydrogen-bond donors (Lipinski definition) is 2. The van der Waals surface area contributed by atoms with Crippen LogP contribution in [0.2, 0.25) is 0 Å². The minimum Gasteiger partial charge on any atom is -0.324 e. The third-order valence-electron chi connectivity index (χ3n) is 3.01. The van der Waals surface area contributed by atoms with Gasteiger partial charge in [0.15, 0.2) is 0 Å². The zero-order valence-electron chi connectivity index (χ0n) is 10.6. The molecule has 1 aromatic heterocycles. The first-order valence-electron chi connectivity index (χ1n) is 6.04. The molecule has 0 aliphatic rings. The highest BCUT2D eigenvalue weighted by Gasteiger charge is 2.13. The van der Waals surface area contributed by atoms with Gasteiger partial charge in [-0.3, -0.25) is 9.78 Å². The standard InChI is InChI=1S/C14H17N3O/c1-3-11(15)14(18)17-12-7-6-9(2)13-10(12)5-4-8-16-13/h4-8,11H,3,15H2,1-2H3,(H,17,18). The zero-order chi connectivity index (χ0) is 13.1. The van der Waals surface area contributed by atoms with Gasteiger partial charge in [-0.25, -0.2) is 0 Å². The predicted molar refractivity (Wildman–Crippen MR) is 73.4 cm³/mol. The van der Waals surface area contributed by atoms with Gasteiger partial charge >= 0.3 is 0 Å². The van der Waals surface area contributed by atoms with Gasteiger partial charge in [-0.2, -0.15) is 0 Å². The number of nitrogens with one attached hydrogen (secondary N) is 1. The Labute approximate surface area is 106 Å². The molecule has 1 unspecified atom stereocenters. The number of fused-ring (bicyclic) bond motifs is 1. The van der Waals surface area contributed by atoms with Crippen LogP contribution in [0.25, 0.3) is 10.9 Å². The number of carbonyl (C=O) groups is 1. The molecule has 0 spiro atoms. The maximum absolute atomic E-state index is 11.8. The number of aryl methyl sites for hydroxylation is 1. The molecular formula is C14H17N3O. The van der Waals surface area contributed by atoms with Crippen LogP contribution in [0.4, 0.5) is 5.69 Å². The maximum atomic E-state index is 11.8. The van der Waals surface area contributed by atoms with E-state index in [9.17, 15) is 4.79 Å². The van der Waals surface area contributed by atoms with E-state index in [0.717, 1.165) is 22.2 Å². The summed E-state index contributed by atoms with van der Waals surface area (Å²) < 4.78 is 0. The molecule has 18 heavy (non-hydrogen) atoms. The molecule has 0 fully saturated rings. The number of aromatic nitrogens is 1. The second-order valence-corrected chi connectivity index (χ2v) is 4.33. The quantitative estimate of drug-likeness (QED) is 0.868. The molecule has 0 saturated carbocycles. The van der Waals surface area contributed by atoms with Crippen LogP contribution in [0.3, 0.4) is 0 Å². The van der Waals surface area contributed by atoms with Crippen molar-refractivity contribution in [2.75, 3.05) is 5.32 Å². The lowest BCUT2D eigenvalue weighted by Gasteiger charge is -2.12. The van der Waals surface area contributed by atoms with Gasteiger partial charge in [-0.1, -0.05) is 13.0 Å². The van der Waals surface area contributed by atoms with Crippen LogP contribution in [0.15, 0.2) is 30.5 Å². The molecule has 1 heterocycles. The second-order valence-electron chi connectivity index (χ2n) is 4.33. The lowest BCUT2D eigenvalue weighted by Crippen LogP contribution is -2.34. The molecule has 0 saturated heterocycles. The normalized spacial score (nSPS) is 12.4. The summed E-state index contributed by atoms with van der Waals surface area (Å²) in [5.74, 6) is -0.161. The van der Waals surface area contributed by atoms with Crippen LogP contribution in [0.1, 0.15) is 18.9 Å². The summed E-state index contributed by atoms with van der Waals surface area (Å²) >= 11 is 0. The van der Waals surface area contributed by atoms with Crippen molar-refractivity contribution in [3.63, 3.8) is 0 Å². The molecule has 0 aliphatic heterocycles. The second kappa shape index (κ2) is 5.14. The first-order chi connectivity index (χ1) is 8.63. The van der Waals surface area contributed by atoms with Gasteiger partial charge in [0, 0.05) is 11.6 Å². The molecule has 0 aliphatic carbocycles. The highest BCUT2D eigenvalue weighted by Crippen LogP contribution is 2.24. The average molecular weight is 243 g/mol. The Kier molecular flexibility index (Phi) is 3.58. The fourth-order valence-electron chi connectivity index (χ4n) is 1.83. The van der Waals surface area contributed by atoms with Crippen LogP contribution >= 0.6 is 0 Å². The summed E-state index contributed by atoms with van der Waals surface area (Å²) in [6.07, 6.45) is 2.37. The molecule has 0 bridgehead atoms. The average Bonchev–Trinajstić information content (AvgIpc) is 2.41. The molecule has 94 valence electrons. The Bertz CT molecular complexity index is 580. The van der Waals surface area contributed by atoms with Crippen molar-refractivity contribution >= 4 is 22.5 Å². The number of nitrogens with zero attached hydrogens (tertiary/aromatic N) is 1. The minimum atomic E-state index is -0.474. The Balaban J connectivity index is 2.40. The van der Waals surface area contributed by atoms with Gasteiger partial charge in [0.2, 0.25) is 5.91 Å². The molecule has 1 amide bonds. The number of hydrogen-bond acceptors (Lipinski definition) is 3. The third kappa shape index (κ3) is 2.33. The Morgan fingerprint density at radius 3 is 2.94 bits per heavy atom. The van der Waals surface area contributed by atoms with Crippen LogP contribution < -0.4 is 11.1 Å². The number of anilines is 1. The van der Waals surface area contributed by atoms with Gasteiger partial charge in [-0.15, -0.1) is 0 Å². The summed E-state index contributed by atoms with van der Waals surface area (Å²) in [6.45, 7) is 3.89. The Morgan fingerprint density at radius 2 is 2.22 bits per heavy atom. The number of pyridine rings is 1. The number of nitrogens with two attached hydrogens (primary N) is 1. The van der Waals surface area contributed by atoms with E-state index in [1.807, 2.05) is 38.1 Å². The van der Waals surface area contributed by atoms with Crippen molar-refractivity contribution in [3.8, 4) is 0 Å². The van der Waals surface area contributed by atoms with E-state index < -0.39 is 6.04 Å². The summed E-state index contributed by atoms with van der Waals surface area (Å²) in [5, 5.41) is 3.80. The smallest absolute Gasteiger partial charge is 0.241 e. The monoisotopic (exact) mass is 243 g/mol.